The second kappa shape index (κ2) is 7.78. The third-order valence-corrected chi connectivity index (χ3v) is 5.28. The minimum absolute atomic E-state index is 0.0377. The van der Waals surface area contributed by atoms with Gasteiger partial charge in [0, 0.05) is 41.7 Å². The fourth-order valence-corrected chi connectivity index (χ4v) is 3.56. The van der Waals surface area contributed by atoms with Gasteiger partial charge in [0.1, 0.15) is 16.7 Å². The zero-order chi connectivity index (χ0) is 21.4. The first kappa shape index (κ1) is 19.9. The van der Waals surface area contributed by atoms with E-state index >= 15 is 0 Å². The molecule has 0 saturated carbocycles. The number of fused-ring (bicyclic) bond motifs is 2. The van der Waals surface area contributed by atoms with Gasteiger partial charge in [0.15, 0.2) is 11.4 Å². The van der Waals surface area contributed by atoms with Crippen molar-refractivity contribution in [1.29, 1.82) is 0 Å². The van der Waals surface area contributed by atoms with Gasteiger partial charge in [-0.25, -0.2) is 9.78 Å². The highest BCUT2D eigenvalue weighted by atomic mass is 16.4. The summed E-state index contributed by atoms with van der Waals surface area (Å²) < 4.78 is 11.4. The molecule has 2 aromatic heterocycles. The van der Waals surface area contributed by atoms with E-state index in [4.69, 9.17) is 8.83 Å². The van der Waals surface area contributed by atoms with Gasteiger partial charge in [-0.15, -0.1) is 0 Å². The minimum Gasteiger partial charge on any atom is -0.436 e. The van der Waals surface area contributed by atoms with E-state index in [-0.39, 0.29) is 23.2 Å². The van der Waals surface area contributed by atoms with Crippen molar-refractivity contribution < 1.29 is 13.6 Å². The Balaban J connectivity index is 1.77. The van der Waals surface area contributed by atoms with Crippen LogP contribution in [0.15, 0.2) is 56.1 Å². The normalized spacial score (nSPS) is 11.5. The summed E-state index contributed by atoms with van der Waals surface area (Å²) in [5.41, 5.74) is 2.90. The zero-order valence-electron chi connectivity index (χ0n) is 17.6. The van der Waals surface area contributed by atoms with E-state index in [9.17, 15) is 9.59 Å². The van der Waals surface area contributed by atoms with E-state index in [1.54, 1.807) is 24.3 Å². The molecule has 6 heteroatoms. The third kappa shape index (κ3) is 3.49. The first-order chi connectivity index (χ1) is 14.4. The van der Waals surface area contributed by atoms with Crippen molar-refractivity contribution in [3.05, 3.63) is 58.4 Å². The summed E-state index contributed by atoms with van der Waals surface area (Å²) in [6.07, 6.45) is 0. The number of hydrogen-bond acceptors (Lipinski definition) is 6. The highest BCUT2D eigenvalue weighted by molar-refractivity contribution is 6.00. The van der Waals surface area contributed by atoms with Crippen LogP contribution in [0.4, 0.5) is 5.69 Å². The highest BCUT2D eigenvalue weighted by Gasteiger charge is 2.17. The van der Waals surface area contributed by atoms with Crippen LogP contribution in [0.1, 0.15) is 38.1 Å². The molecule has 0 aliphatic carbocycles. The predicted octanol–water partition coefficient (Wildman–Crippen LogP) is 5.29. The largest absolute Gasteiger partial charge is 0.436 e. The SMILES string of the molecule is CCN(CC)c1ccc2cc(-c3nc4cc(C(=O)C(C)C)ccc4o3)c(=O)oc2c1. The topological polar surface area (TPSA) is 76.6 Å². The molecular weight excluding hydrogens is 380 g/mol. The molecule has 0 aliphatic heterocycles. The lowest BCUT2D eigenvalue weighted by Gasteiger charge is -2.20. The molecule has 4 rings (SSSR count). The van der Waals surface area contributed by atoms with Gasteiger partial charge in [0.25, 0.3) is 0 Å². The van der Waals surface area contributed by atoms with E-state index < -0.39 is 5.63 Å². The second-order valence-electron chi connectivity index (χ2n) is 7.56. The van der Waals surface area contributed by atoms with Crippen LogP contribution in [0.3, 0.4) is 0 Å². The molecule has 30 heavy (non-hydrogen) atoms. The van der Waals surface area contributed by atoms with Gasteiger partial charge in [-0.3, -0.25) is 4.79 Å². The predicted molar refractivity (Wildman–Crippen MR) is 118 cm³/mol. The Bertz CT molecular complexity index is 1300. The highest BCUT2D eigenvalue weighted by Crippen LogP contribution is 2.27. The zero-order valence-corrected chi connectivity index (χ0v) is 17.6. The van der Waals surface area contributed by atoms with Crippen molar-refractivity contribution in [2.24, 2.45) is 5.92 Å². The molecule has 2 aromatic carbocycles. The number of benzene rings is 2. The molecule has 0 aliphatic rings. The maximum Gasteiger partial charge on any atom is 0.349 e. The molecule has 2 heterocycles. The number of hydrogen-bond donors (Lipinski definition) is 0. The van der Waals surface area contributed by atoms with Crippen LogP contribution in [0.5, 0.6) is 0 Å². The Hall–Kier alpha value is -3.41. The molecule has 0 fully saturated rings. The number of oxazole rings is 1. The van der Waals surface area contributed by atoms with Crippen molar-refractivity contribution in [3.8, 4) is 11.5 Å². The summed E-state index contributed by atoms with van der Waals surface area (Å²) in [5, 5.41) is 0.790. The van der Waals surface area contributed by atoms with Crippen molar-refractivity contribution >= 4 is 33.5 Å². The van der Waals surface area contributed by atoms with E-state index in [0.29, 0.717) is 22.2 Å². The molecule has 4 aromatic rings. The lowest BCUT2D eigenvalue weighted by Crippen LogP contribution is -2.21. The maximum absolute atomic E-state index is 12.7. The van der Waals surface area contributed by atoms with E-state index in [1.807, 2.05) is 32.0 Å². The Morgan fingerprint density at radius 3 is 2.47 bits per heavy atom. The quantitative estimate of drug-likeness (QED) is 0.321. The van der Waals surface area contributed by atoms with Gasteiger partial charge < -0.3 is 13.7 Å². The van der Waals surface area contributed by atoms with Crippen LogP contribution >= 0.6 is 0 Å². The molecule has 0 N–H and O–H groups in total. The Labute approximate surface area is 174 Å². The van der Waals surface area contributed by atoms with Crippen molar-refractivity contribution in [1.82, 2.24) is 4.98 Å². The molecule has 0 unspecified atom stereocenters. The molecule has 0 radical (unpaired) electrons. The fraction of sp³-hybridized carbons (Fsp3) is 0.292. The van der Waals surface area contributed by atoms with Gasteiger partial charge in [0.2, 0.25) is 5.89 Å². The van der Waals surface area contributed by atoms with Crippen molar-refractivity contribution in [3.63, 3.8) is 0 Å². The molecule has 0 bridgehead atoms. The number of nitrogens with zero attached hydrogens (tertiary/aromatic N) is 2. The number of Topliss-reactive ketones (excluding diaryl/α,β-unsaturated/α-hetero) is 1. The molecule has 154 valence electrons. The fourth-order valence-electron chi connectivity index (χ4n) is 3.56. The molecule has 0 atom stereocenters. The van der Waals surface area contributed by atoms with Gasteiger partial charge in [0.05, 0.1) is 0 Å². The van der Waals surface area contributed by atoms with Gasteiger partial charge in [-0.05, 0) is 50.2 Å². The minimum atomic E-state index is -0.510. The van der Waals surface area contributed by atoms with E-state index in [1.165, 1.54) is 0 Å². The lowest BCUT2D eigenvalue weighted by atomic mass is 10.0. The summed E-state index contributed by atoms with van der Waals surface area (Å²) in [7, 11) is 0. The number of aromatic nitrogens is 1. The van der Waals surface area contributed by atoms with Gasteiger partial charge in [-0.2, -0.15) is 0 Å². The van der Waals surface area contributed by atoms with Gasteiger partial charge in [-0.1, -0.05) is 13.8 Å². The number of ketones is 1. The number of carbonyl (C=O) groups is 1. The number of anilines is 1. The van der Waals surface area contributed by atoms with Crippen molar-refractivity contribution in [2.45, 2.75) is 27.7 Å². The lowest BCUT2D eigenvalue weighted by molar-refractivity contribution is 0.0939. The smallest absolute Gasteiger partial charge is 0.349 e. The summed E-state index contributed by atoms with van der Waals surface area (Å²) in [5.74, 6) is 0.112. The van der Waals surface area contributed by atoms with Crippen LogP contribution in [0.25, 0.3) is 33.5 Å². The number of rotatable bonds is 6. The summed E-state index contributed by atoms with van der Waals surface area (Å²) in [6.45, 7) is 9.61. The molecule has 0 spiro atoms. The number of carbonyl (C=O) groups excluding carboxylic acids is 1. The first-order valence-corrected chi connectivity index (χ1v) is 10.2. The molecular formula is C24H24N2O4. The molecule has 0 amide bonds. The summed E-state index contributed by atoms with van der Waals surface area (Å²) in [4.78, 5) is 31.5. The molecule has 0 saturated heterocycles. The first-order valence-electron chi connectivity index (χ1n) is 10.2. The van der Waals surface area contributed by atoms with Crippen LogP contribution in [0.2, 0.25) is 0 Å². The monoisotopic (exact) mass is 404 g/mol. The van der Waals surface area contributed by atoms with E-state index in [2.05, 4.69) is 23.7 Å². The van der Waals surface area contributed by atoms with Crippen LogP contribution in [-0.2, 0) is 0 Å². The average molecular weight is 404 g/mol. The molecule has 6 nitrogen and oxygen atoms in total. The summed E-state index contributed by atoms with van der Waals surface area (Å²) in [6, 6.07) is 12.7. The standard InChI is InChI=1S/C24H24N2O4/c1-5-26(6-2)17-9-7-15-11-18(24(28)30-21(15)13-17)23-25-19-12-16(22(27)14(3)4)8-10-20(19)29-23/h7-14H,5-6H2,1-4H3. The Morgan fingerprint density at radius 2 is 1.77 bits per heavy atom. The van der Waals surface area contributed by atoms with Crippen LogP contribution < -0.4 is 10.5 Å². The van der Waals surface area contributed by atoms with Crippen LogP contribution in [-0.4, -0.2) is 23.9 Å². The second-order valence-corrected chi connectivity index (χ2v) is 7.56. The van der Waals surface area contributed by atoms with Gasteiger partial charge >= 0.3 is 5.63 Å². The maximum atomic E-state index is 12.7. The third-order valence-electron chi connectivity index (χ3n) is 5.28. The van der Waals surface area contributed by atoms with Crippen molar-refractivity contribution in [2.75, 3.05) is 18.0 Å². The Morgan fingerprint density at radius 1 is 1.00 bits per heavy atom. The van der Waals surface area contributed by atoms with Crippen LogP contribution in [0, 0.1) is 5.92 Å². The average Bonchev–Trinajstić information content (AvgIpc) is 3.16. The Kier molecular flexibility index (Phi) is 5.16. The summed E-state index contributed by atoms with van der Waals surface area (Å²) >= 11 is 0. The van der Waals surface area contributed by atoms with E-state index in [0.717, 1.165) is 24.2 Å².